The van der Waals surface area contributed by atoms with Crippen LogP contribution in [0.25, 0.3) is 0 Å². The van der Waals surface area contributed by atoms with Gasteiger partial charge in [0, 0.05) is 24.7 Å². The van der Waals surface area contributed by atoms with E-state index in [1.165, 1.54) is 6.20 Å². The minimum absolute atomic E-state index is 0.0285. The SMILES string of the molecule is CC.CC1/C(=N/NC(F)F)C(=N)c2ccnc(NC(=O)C3CC3)c2N1C. The molecule has 9 heteroatoms. The van der Waals surface area contributed by atoms with Gasteiger partial charge < -0.3 is 10.2 Å². The van der Waals surface area contributed by atoms with Crippen molar-refractivity contribution in [2.45, 2.75) is 46.2 Å². The molecular formula is C17H24F2N6O. The van der Waals surface area contributed by atoms with Gasteiger partial charge in [0.2, 0.25) is 5.91 Å². The summed E-state index contributed by atoms with van der Waals surface area (Å²) in [5, 5.41) is 14.8. The predicted octanol–water partition coefficient (Wildman–Crippen LogP) is 2.83. The van der Waals surface area contributed by atoms with Gasteiger partial charge >= 0.3 is 6.55 Å². The van der Waals surface area contributed by atoms with Crippen molar-refractivity contribution in [2.24, 2.45) is 11.0 Å². The van der Waals surface area contributed by atoms with E-state index in [4.69, 9.17) is 5.41 Å². The summed E-state index contributed by atoms with van der Waals surface area (Å²) in [7, 11) is 1.75. The first-order valence-corrected chi connectivity index (χ1v) is 8.63. The van der Waals surface area contributed by atoms with E-state index in [9.17, 15) is 13.6 Å². The van der Waals surface area contributed by atoms with Gasteiger partial charge in [-0.15, -0.1) is 0 Å². The molecule has 1 aromatic heterocycles. The highest BCUT2D eigenvalue weighted by Gasteiger charge is 2.35. The van der Waals surface area contributed by atoms with Gasteiger partial charge in [0.25, 0.3) is 0 Å². The molecule has 3 rings (SSSR count). The molecule has 3 N–H and O–H groups in total. The Balaban J connectivity index is 0.00000117. The summed E-state index contributed by atoms with van der Waals surface area (Å²) in [6.07, 6.45) is 3.23. The normalized spacial score (nSPS) is 20.4. The number of aromatic nitrogens is 1. The number of halogens is 2. The van der Waals surface area contributed by atoms with Crippen molar-refractivity contribution < 1.29 is 13.6 Å². The Morgan fingerprint density at radius 1 is 1.42 bits per heavy atom. The second-order valence-electron chi connectivity index (χ2n) is 5.91. The number of nitrogens with zero attached hydrogens (tertiary/aromatic N) is 3. The maximum atomic E-state index is 12.4. The van der Waals surface area contributed by atoms with Gasteiger partial charge in [0.1, 0.15) is 5.71 Å². The Morgan fingerprint density at radius 2 is 2.08 bits per heavy atom. The third kappa shape index (κ3) is 3.97. The fourth-order valence-electron chi connectivity index (χ4n) is 2.66. The first-order valence-electron chi connectivity index (χ1n) is 8.63. The molecule has 1 amide bonds. The molecule has 7 nitrogen and oxygen atoms in total. The predicted molar refractivity (Wildman–Crippen MR) is 98.2 cm³/mol. The van der Waals surface area contributed by atoms with E-state index >= 15 is 0 Å². The van der Waals surface area contributed by atoms with Crippen molar-refractivity contribution in [3.05, 3.63) is 17.8 Å². The highest BCUT2D eigenvalue weighted by Crippen LogP contribution is 2.36. The summed E-state index contributed by atoms with van der Waals surface area (Å²) in [6, 6.07) is 1.20. The van der Waals surface area contributed by atoms with Gasteiger partial charge in [0.15, 0.2) is 5.82 Å². The first kappa shape index (κ1) is 19.7. The molecule has 1 unspecified atom stereocenters. The summed E-state index contributed by atoms with van der Waals surface area (Å²) in [5.74, 6) is 0.326. The molecule has 0 radical (unpaired) electrons. The number of carbonyl (C=O) groups is 1. The standard InChI is InChI=1S/C15H18F2N6O.C2H6/c1-7-11(21-22-15(16)17)10(18)9-5-6-19-13(12(9)23(7)2)20-14(24)8-3-4-8;1-2/h5-8,15,18,22H,3-4H2,1-2H3,(H,19,20,24);1-2H3/b18-10?,21-11-;. The molecule has 1 saturated carbocycles. The van der Waals surface area contributed by atoms with Crippen LogP contribution in [0.15, 0.2) is 17.4 Å². The maximum Gasteiger partial charge on any atom is 0.327 e. The van der Waals surface area contributed by atoms with E-state index < -0.39 is 12.6 Å². The van der Waals surface area contributed by atoms with Crippen molar-refractivity contribution in [3.8, 4) is 0 Å². The number of hydrogen-bond donors (Lipinski definition) is 3. The van der Waals surface area contributed by atoms with Crippen molar-refractivity contribution >= 4 is 28.8 Å². The number of amides is 1. The Hall–Kier alpha value is -2.58. The summed E-state index contributed by atoms with van der Waals surface area (Å²) >= 11 is 0. The molecule has 0 bridgehead atoms. The van der Waals surface area contributed by atoms with Crippen molar-refractivity contribution in [2.75, 3.05) is 17.3 Å². The molecule has 1 aliphatic heterocycles. The molecule has 0 spiro atoms. The van der Waals surface area contributed by atoms with Crippen molar-refractivity contribution in [1.82, 2.24) is 10.4 Å². The van der Waals surface area contributed by atoms with Crippen LogP contribution in [0.3, 0.4) is 0 Å². The number of pyridine rings is 1. The van der Waals surface area contributed by atoms with Crippen LogP contribution in [0.4, 0.5) is 20.3 Å². The highest BCUT2D eigenvalue weighted by molar-refractivity contribution is 6.51. The van der Waals surface area contributed by atoms with E-state index in [2.05, 4.69) is 15.4 Å². The van der Waals surface area contributed by atoms with Gasteiger partial charge in [-0.25, -0.2) is 4.98 Å². The lowest BCUT2D eigenvalue weighted by atomic mass is 9.94. The summed E-state index contributed by atoms with van der Waals surface area (Å²) in [6.45, 7) is 2.96. The number of hydrogen-bond acceptors (Lipinski definition) is 6. The monoisotopic (exact) mass is 366 g/mol. The second kappa shape index (κ2) is 8.20. The summed E-state index contributed by atoms with van der Waals surface area (Å²) < 4.78 is 24.7. The number of rotatable bonds is 4. The van der Waals surface area contributed by atoms with Crippen LogP contribution >= 0.6 is 0 Å². The quantitative estimate of drug-likeness (QED) is 0.564. The lowest BCUT2D eigenvalue weighted by molar-refractivity contribution is -0.117. The zero-order valence-electron chi connectivity index (χ0n) is 15.3. The number of nitrogens with one attached hydrogen (secondary N) is 3. The Kier molecular flexibility index (Phi) is 6.23. The number of anilines is 2. The molecule has 1 aromatic rings. The van der Waals surface area contributed by atoms with Crippen LogP contribution in [-0.2, 0) is 4.79 Å². The maximum absolute atomic E-state index is 12.4. The van der Waals surface area contributed by atoms with Gasteiger partial charge in [-0.3, -0.25) is 15.6 Å². The lowest BCUT2D eigenvalue weighted by Gasteiger charge is -2.35. The molecule has 1 aliphatic carbocycles. The van der Waals surface area contributed by atoms with Crippen LogP contribution < -0.4 is 15.6 Å². The minimum atomic E-state index is -2.80. The van der Waals surface area contributed by atoms with Crippen molar-refractivity contribution in [1.29, 1.82) is 5.41 Å². The highest BCUT2D eigenvalue weighted by atomic mass is 19.3. The Morgan fingerprint density at radius 3 is 2.65 bits per heavy atom. The molecule has 2 aliphatic rings. The number of hydrazone groups is 1. The second-order valence-corrected chi connectivity index (χ2v) is 5.91. The zero-order chi connectivity index (χ0) is 19.4. The van der Waals surface area contributed by atoms with Gasteiger partial charge in [-0.05, 0) is 25.8 Å². The average molecular weight is 366 g/mol. The third-order valence-corrected chi connectivity index (χ3v) is 4.25. The number of carbonyl (C=O) groups excluding carboxylic acids is 1. The zero-order valence-corrected chi connectivity index (χ0v) is 15.3. The smallest absolute Gasteiger partial charge is 0.327 e. The fourth-order valence-corrected chi connectivity index (χ4v) is 2.66. The van der Waals surface area contributed by atoms with Gasteiger partial charge in [-0.2, -0.15) is 13.9 Å². The molecule has 2 heterocycles. The van der Waals surface area contributed by atoms with Crippen LogP contribution in [0.2, 0.25) is 0 Å². The molecule has 142 valence electrons. The molecule has 1 atom stereocenters. The van der Waals surface area contributed by atoms with E-state index in [1.807, 2.05) is 13.8 Å². The topological polar surface area (TPSA) is 93.5 Å². The van der Waals surface area contributed by atoms with Crippen LogP contribution in [0.5, 0.6) is 0 Å². The number of fused-ring (bicyclic) bond motifs is 1. The number of alkyl halides is 2. The van der Waals surface area contributed by atoms with Gasteiger partial charge in [0.05, 0.1) is 17.4 Å². The van der Waals surface area contributed by atoms with E-state index in [0.717, 1.165) is 12.8 Å². The van der Waals surface area contributed by atoms with E-state index in [1.54, 1.807) is 30.4 Å². The van der Waals surface area contributed by atoms with Crippen LogP contribution in [-0.4, -0.2) is 42.0 Å². The summed E-state index contributed by atoms with van der Waals surface area (Å²) in [5.41, 5.74) is 3.03. The minimum Gasteiger partial charge on any atom is -0.363 e. The Labute approximate surface area is 151 Å². The Bertz CT molecular complexity index is 717. The van der Waals surface area contributed by atoms with Gasteiger partial charge in [-0.1, -0.05) is 13.8 Å². The van der Waals surface area contributed by atoms with E-state index in [-0.39, 0.29) is 23.2 Å². The summed E-state index contributed by atoms with van der Waals surface area (Å²) in [4.78, 5) is 18.0. The van der Waals surface area contributed by atoms with Crippen LogP contribution in [0.1, 0.15) is 39.2 Å². The molecule has 0 aromatic carbocycles. The molecule has 26 heavy (non-hydrogen) atoms. The molecule has 0 saturated heterocycles. The molecule has 1 fully saturated rings. The molecular weight excluding hydrogens is 342 g/mol. The third-order valence-electron chi connectivity index (χ3n) is 4.25. The van der Waals surface area contributed by atoms with Crippen LogP contribution in [0, 0.1) is 11.3 Å². The van der Waals surface area contributed by atoms with Crippen molar-refractivity contribution in [3.63, 3.8) is 0 Å². The fraction of sp³-hybridized carbons (Fsp3) is 0.529. The largest absolute Gasteiger partial charge is 0.363 e. The first-order chi connectivity index (χ1) is 12.4. The van der Waals surface area contributed by atoms with E-state index in [0.29, 0.717) is 17.1 Å². The average Bonchev–Trinajstić information content (AvgIpc) is 3.46. The lowest BCUT2D eigenvalue weighted by Crippen LogP contribution is -2.46.